The van der Waals surface area contributed by atoms with E-state index in [1.54, 1.807) is 0 Å². The summed E-state index contributed by atoms with van der Waals surface area (Å²) in [6.07, 6.45) is 2.73. The molecule has 2 heterocycles. The Balaban J connectivity index is 1.71. The molecule has 0 aliphatic carbocycles. The van der Waals surface area contributed by atoms with Gasteiger partial charge in [0, 0.05) is 19.6 Å². The van der Waals surface area contributed by atoms with Gasteiger partial charge in [0.15, 0.2) is 0 Å². The van der Waals surface area contributed by atoms with Gasteiger partial charge in [0.25, 0.3) is 0 Å². The third kappa shape index (κ3) is 2.32. The van der Waals surface area contributed by atoms with Crippen LogP contribution in [0.2, 0.25) is 0 Å². The number of hydrogen-bond acceptors (Lipinski definition) is 3. The van der Waals surface area contributed by atoms with E-state index in [0.717, 1.165) is 19.6 Å². The summed E-state index contributed by atoms with van der Waals surface area (Å²) >= 11 is 0. The van der Waals surface area contributed by atoms with Crippen molar-refractivity contribution in [1.82, 2.24) is 0 Å². The maximum atomic E-state index is 6.10. The molecule has 1 aromatic carbocycles. The normalized spacial score (nSPS) is 25.7. The molecule has 2 aliphatic heterocycles. The Bertz CT molecular complexity index is 430. The van der Waals surface area contributed by atoms with E-state index in [2.05, 4.69) is 48.3 Å². The summed E-state index contributed by atoms with van der Waals surface area (Å²) in [5.41, 5.74) is 2.64. The van der Waals surface area contributed by atoms with E-state index in [-0.39, 0.29) is 5.60 Å². The zero-order valence-corrected chi connectivity index (χ0v) is 11.3. The van der Waals surface area contributed by atoms with Gasteiger partial charge in [-0.2, -0.15) is 0 Å². The van der Waals surface area contributed by atoms with Gasteiger partial charge in [-0.25, -0.2) is 0 Å². The van der Waals surface area contributed by atoms with Crippen LogP contribution in [0.25, 0.3) is 0 Å². The van der Waals surface area contributed by atoms with Gasteiger partial charge >= 0.3 is 0 Å². The first kappa shape index (κ1) is 11.8. The van der Waals surface area contributed by atoms with Crippen LogP contribution in [0.3, 0.4) is 0 Å². The van der Waals surface area contributed by atoms with E-state index in [9.17, 15) is 0 Å². The van der Waals surface area contributed by atoms with Crippen molar-refractivity contribution < 1.29 is 4.74 Å². The van der Waals surface area contributed by atoms with Gasteiger partial charge in [-0.1, -0.05) is 12.1 Å². The molecule has 3 heteroatoms. The van der Waals surface area contributed by atoms with Crippen molar-refractivity contribution in [3.63, 3.8) is 0 Å². The maximum Gasteiger partial charge on any atom is 0.0758 e. The third-order valence-corrected chi connectivity index (χ3v) is 3.92. The van der Waals surface area contributed by atoms with Crippen molar-refractivity contribution >= 4 is 11.4 Å². The molecule has 1 unspecified atom stereocenters. The minimum Gasteiger partial charge on any atom is -0.382 e. The quantitative estimate of drug-likeness (QED) is 0.868. The van der Waals surface area contributed by atoms with E-state index in [1.165, 1.54) is 24.2 Å². The molecule has 0 amide bonds. The summed E-state index contributed by atoms with van der Waals surface area (Å²) in [7, 11) is 0. The monoisotopic (exact) mass is 246 g/mol. The Morgan fingerprint density at radius 3 is 3.00 bits per heavy atom. The molecule has 0 bridgehead atoms. The van der Waals surface area contributed by atoms with Crippen LogP contribution in [0.15, 0.2) is 24.3 Å². The zero-order valence-electron chi connectivity index (χ0n) is 11.3. The van der Waals surface area contributed by atoms with Crippen LogP contribution >= 0.6 is 0 Å². The van der Waals surface area contributed by atoms with Crippen molar-refractivity contribution in [1.29, 1.82) is 0 Å². The number of anilines is 2. The predicted octanol–water partition coefficient (Wildman–Crippen LogP) is 2.88. The fourth-order valence-electron chi connectivity index (χ4n) is 2.99. The molecule has 2 aliphatic rings. The number of rotatable bonds is 2. The zero-order chi connectivity index (χ0) is 12.6. The number of nitrogens with zero attached hydrogens (tertiary/aromatic N) is 1. The van der Waals surface area contributed by atoms with Crippen molar-refractivity contribution in [2.75, 3.05) is 29.9 Å². The van der Waals surface area contributed by atoms with E-state index in [0.29, 0.717) is 6.10 Å². The standard InChI is InChI=1S/C15H22N2O/c1-15(2)8-7-12(18-15)11-17-10-9-16-13-5-3-4-6-14(13)17/h3-6,12,16H,7-11H2,1-2H3. The van der Waals surface area contributed by atoms with Gasteiger partial charge in [0.1, 0.15) is 0 Å². The van der Waals surface area contributed by atoms with Crippen molar-refractivity contribution in [3.05, 3.63) is 24.3 Å². The minimum absolute atomic E-state index is 0.0677. The first-order valence-electron chi connectivity index (χ1n) is 6.90. The van der Waals surface area contributed by atoms with Crippen molar-refractivity contribution in [2.24, 2.45) is 0 Å². The lowest BCUT2D eigenvalue weighted by molar-refractivity contribution is -0.0115. The molecule has 18 heavy (non-hydrogen) atoms. The summed E-state index contributed by atoms with van der Waals surface area (Å²) in [5, 5.41) is 3.45. The smallest absolute Gasteiger partial charge is 0.0758 e. The number of para-hydroxylation sites is 2. The predicted molar refractivity (Wildman–Crippen MR) is 75.3 cm³/mol. The highest BCUT2D eigenvalue weighted by atomic mass is 16.5. The largest absolute Gasteiger partial charge is 0.382 e. The molecular formula is C15H22N2O. The van der Waals surface area contributed by atoms with Gasteiger partial charge < -0.3 is 15.0 Å². The summed E-state index contributed by atoms with van der Waals surface area (Å²) < 4.78 is 6.10. The molecule has 3 rings (SSSR count). The summed E-state index contributed by atoms with van der Waals surface area (Å²) in [4.78, 5) is 2.46. The lowest BCUT2D eigenvalue weighted by Gasteiger charge is -2.34. The summed E-state index contributed by atoms with van der Waals surface area (Å²) in [6, 6.07) is 8.55. The minimum atomic E-state index is 0.0677. The number of fused-ring (bicyclic) bond motifs is 1. The van der Waals surface area contributed by atoms with Gasteiger partial charge in [0.2, 0.25) is 0 Å². The summed E-state index contributed by atoms with van der Waals surface area (Å²) in [5.74, 6) is 0. The highest BCUT2D eigenvalue weighted by Gasteiger charge is 2.33. The van der Waals surface area contributed by atoms with Crippen LogP contribution < -0.4 is 10.2 Å². The number of nitrogens with one attached hydrogen (secondary N) is 1. The Kier molecular flexibility index (Phi) is 2.94. The fourth-order valence-corrected chi connectivity index (χ4v) is 2.99. The molecule has 0 aromatic heterocycles. The van der Waals surface area contributed by atoms with Crippen LogP contribution in [0.1, 0.15) is 26.7 Å². The van der Waals surface area contributed by atoms with E-state index < -0.39 is 0 Å². The SMILES string of the molecule is CC1(C)CCC(CN2CCNc3ccccc32)O1. The first-order valence-corrected chi connectivity index (χ1v) is 6.90. The van der Waals surface area contributed by atoms with Gasteiger partial charge in [-0.15, -0.1) is 0 Å². The van der Waals surface area contributed by atoms with Gasteiger partial charge in [-0.3, -0.25) is 0 Å². The lowest BCUT2D eigenvalue weighted by Crippen LogP contribution is -2.39. The Morgan fingerprint density at radius 1 is 1.39 bits per heavy atom. The second-order valence-corrected chi connectivity index (χ2v) is 5.93. The first-order chi connectivity index (χ1) is 8.64. The van der Waals surface area contributed by atoms with Crippen LogP contribution in [0, 0.1) is 0 Å². The molecule has 1 aromatic rings. The fraction of sp³-hybridized carbons (Fsp3) is 0.600. The highest BCUT2D eigenvalue weighted by molar-refractivity contribution is 5.71. The van der Waals surface area contributed by atoms with E-state index in [4.69, 9.17) is 4.74 Å². The van der Waals surface area contributed by atoms with Crippen LogP contribution in [-0.4, -0.2) is 31.3 Å². The molecule has 3 nitrogen and oxygen atoms in total. The maximum absolute atomic E-state index is 6.10. The average molecular weight is 246 g/mol. The molecule has 98 valence electrons. The number of ether oxygens (including phenoxy) is 1. The molecule has 1 saturated heterocycles. The molecule has 0 saturated carbocycles. The highest BCUT2D eigenvalue weighted by Crippen LogP contribution is 2.33. The molecule has 1 fully saturated rings. The molecular weight excluding hydrogens is 224 g/mol. The van der Waals surface area contributed by atoms with Crippen molar-refractivity contribution in [2.45, 2.75) is 38.4 Å². The Morgan fingerprint density at radius 2 is 2.22 bits per heavy atom. The second kappa shape index (κ2) is 4.47. The van der Waals surface area contributed by atoms with Crippen LogP contribution in [0.5, 0.6) is 0 Å². The molecule has 0 radical (unpaired) electrons. The molecule has 1 atom stereocenters. The summed E-state index contributed by atoms with van der Waals surface area (Å²) in [6.45, 7) is 7.49. The van der Waals surface area contributed by atoms with Gasteiger partial charge in [-0.05, 0) is 38.8 Å². The third-order valence-electron chi connectivity index (χ3n) is 3.92. The number of benzene rings is 1. The van der Waals surface area contributed by atoms with Crippen molar-refractivity contribution in [3.8, 4) is 0 Å². The van der Waals surface area contributed by atoms with Crippen LogP contribution in [-0.2, 0) is 4.74 Å². The lowest BCUT2D eigenvalue weighted by atomic mass is 10.1. The van der Waals surface area contributed by atoms with E-state index >= 15 is 0 Å². The Labute approximate surface area is 109 Å². The van der Waals surface area contributed by atoms with E-state index in [1.807, 2.05) is 0 Å². The second-order valence-electron chi connectivity index (χ2n) is 5.93. The average Bonchev–Trinajstić information content (AvgIpc) is 2.69. The molecule has 0 spiro atoms. The topological polar surface area (TPSA) is 24.5 Å². The number of hydrogen-bond donors (Lipinski definition) is 1. The van der Waals surface area contributed by atoms with Crippen LogP contribution in [0.4, 0.5) is 11.4 Å². The molecule has 1 N–H and O–H groups in total. The van der Waals surface area contributed by atoms with Gasteiger partial charge in [0.05, 0.1) is 23.1 Å². The Hall–Kier alpha value is -1.22.